The summed E-state index contributed by atoms with van der Waals surface area (Å²) in [6.45, 7) is 0.249. The number of fused-ring (bicyclic) bond motifs is 8. The summed E-state index contributed by atoms with van der Waals surface area (Å²) in [5.41, 5.74) is 22.8. The first-order valence-electron chi connectivity index (χ1n) is 16.8. The molecule has 0 bridgehead atoms. The Morgan fingerprint density at radius 2 is 0.958 bits per heavy atom. The van der Waals surface area contributed by atoms with Crippen LogP contribution < -0.4 is 41.9 Å². The van der Waals surface area contributed by atoms with E-state index in [0.717, 1.165) is 0 Å². The highest BCUT2D eigenvalue weighted by molar-refractivity contribution is 8.00. The summed E-state index contributed by atoms with van der Waals surface area (Å²) in [4.78, 5) is 10.6. The molecular formula is C42H23B2N3S. The Bertz CT molecular complexity index is 2650. The van der Waals surface area contributed by atoms with Gasteiger partial charge in [0.1, 0.15) is 0 Å². The molecule has 13 rings (SSSR count). The Kier molecular flexibility index (Phi) is 4.24. The third kappa shape index (κ3) is 2.63. The second-order valence-corrected chi connectivity index (χ2v) is 14.7. The number of rotatable bonds is 1. The van der Waals surface area contributed by atoms with Crippen LogP contribution in [0.3, 0.4) is 0 Å². The van der Waals surface area contributed by atoms with Crippen molar-refractivity contribution in [2.75, 3.05) is 14.6 Å². The van der Waals surface area contributed by atoms with Gasteiger partial charge in [-0.05, 0) is 99.1 Å². The maximum Gasteiger partial charge on any atom is 0.333 e. The molecule has 6 aliphatic rings. The van der Waals surface area contributed by atoms with Gasteiger partial charge in [0.2, 0.25) is 0 Å². The number of para-hydroxylation sites is 3. The first kappa shape index (κ1) is 24.6. The molecule has 6 heteroatoms. The van der Waals surface area contributed by atoms with Gasteiger partial charge in [-0.25, -0.2) is 0 Å². The quantitative estimate of drug-likeness (QED) is 0.176. The predicted octanol–water partition coefficient (Wildman–Crippen LogP) is 7.45. The zero-order valence-corrected chi connectivity index (χ0v) is 26.5. The van der Waals surface area contributed by atoms with E-state index in [9.17, 15) is 0 Å². The monoisotopic (exact) mass is 623 g/mol. The normalized spacial score (nSPS) is 15.2. The van der Waals surface area contributed by atoms with Crippen molar-refractivity contribution in [1.29, 1.82) is 0 Å². The van der Waals surface area contributed by atoms with E-state index < -0.39 is 0 Å². The molecule has 0 atom stereocenters. The van der Waals surface area contributed by atoms with Crippen LogP contribution in [-0.2, 0) is 0 Å². The van der Waals surface area contributed by atoms with Gasteiger partial charge in [0.25, 0.3) is 6.71 Å². The molecule has 6 heterocycles. The average molecular weight is 623 g/mol. The van der Waals surface area contributed by atoms with E-state index in [1.54, 1.807) is 0 Å². The molecule has 0 saturated carbocycles. The van der Waals surface area contributed by atoms with Crippen LogP contribution in [0.5, 0.6) is 0 Å². The van der Waals surface area contributed by atoms with Gasteiger partial charge >= 0.3 is 6.85 Å². The molecule has 0 saturated heterocycles. The number of hydrogen-bond acceptors (Lipinski definition) is 4. The summed E-state index contributed by atoms with van der Waals surface area (Å²) in [5.74, 6) is 0. The van der Waals surface area contributed by atoms with Gasteiger partial charge in [-0.2, -0.15) is 0 Å². The van der Waals surface area contributed by atoms with Crippen LogP contribution in [0.2, 0.25) is 0 Å². The maximum atomic E-state index is 2.66. The van der Waals surface area contributed by atoms with Gasteiger partial charge in [0.15, 0.2) is 0 Å². The van der Waals surface area contributed by atoms with E-state index in [4.69, 9.17) is 0 Å². The molecule has 218 valence electrons. The second-order valence-electron chi connectivity index (χ2n) is 13.6. The number of benzene rings is 7. The Labute approximate surface area is 283 Å². The van der Waals surface area contributed by atoms with Crippen molar-refractivity contribution in [1.82, 2.24) is 0 Å². The number of hydrogen-bond donors (Lipinski definition) is 0. The van der Waals surface area contributed by atoms with Crippen LogP contribution in [0.15, 0.2) is 149 Å². The lowest BCUT2D eigenvalue weighted by Gasteiger charge is -2.54. The average Bonchev–Trinajstić information content (AvgIpc) is 3.15. The smallest absolute Gasteiger partial charge is 0.333 e. The minimum Gasteiger partial charge on any atom is -0.376 e. The standard InChI is InChI=1S/C42H23B2N3S/c1-2-11-24(12-3-1)45-32-19-9-21-35-39(32)43-40-33(20-10-22-36(40)48-35)46-31-18-8-15-27-25-13-4-6-16-29(25)47-30-17-7-5-14-26(30)28-23-34(45)41(43)42(46)38(28)44(47)37(27)31/h1-23H. The van der Waals surface area contributed by atoms with E-state index >= 15 is 0 Å². The van der Waals surface area contributed by atoms with Crippen LogP contribution in [0.1, 0.15) is 0 Å². The van der Waals surface area contributed by atoms with Crippen LogP contribution in [-0.4, -0.2) is 13.6 Å². The molecule has 0 amide bonds. The van der Waals surface area contributed by atoms with Crippen LogP contribution in [0.25, 0.3) is 22.3 Å². The highest BCUT2D eigenvalue weighted by atomic mass is 32.2. The molecular weight excluding hydrogens is 600 g/mol. The Hall–Kier alpha value is -5.58. The molecule has 7 aromatic rings. The topological polar surface area (TPSA) is 9.72 Å². The number of nitrogens with zero attached hydrogens (tertiary/aromatic N) is 3. The van der Waals surface area contributed by atoms with E-state index in [0.29, 0.717) is 0 Å². The summed E-state index contributed by atoms with van der Waals surface area (Å²) >= 11 is 1.93. The summed E-state index contributed by atoms with van der Waals surface area (Å²) in [7, 11) is 0. The van der Waals surface area contributed by atoms with Crippen molar-refractivity contribution in [3.63, 3.8) is 0 Å². The van der Waals surface area contributed by atoms with E-state index in [1.807, 2.05) is 11.8 Å². The molecule has 0 spiro atoms. The third-order valence-electron chi connectivity index (χ3n) is 11.5. The largest absolute Gasteiger partial charge is 0.376 e. The van der Waals surface area contributed by atoms with Gasteiger partial charge in [-0.1, -0.05) is 90.6 Å². The molecule has 0 unspecified atom stereocenters. The van der Waals surface area contributed by atoms with E-state index in [-0.39, 0.29) is 13.6 Å². The Morgan fingerprint density at radius 1 is 0.396 bits per heavy atom. The zero-order chi connectivity index (χ0) is 30.8. The fraction of sp³-hybridized carbons (Fsp3) is 0. The summed E-state index contributed by atoms with van der Waals surface area (Å²) < 4.78 is 0. The molecule has 0 N–H and O–H groups in total. The predicted molar refractivity (Wildman–Crippen MR) is 203 cm³/mol. The van der Waals surface area contributed by atoms with Gasteiger partial charge < -0.3 is 14.6 Å². The second kappa shape index (κ2) is 8.28. The van der Waals surface area contributed by atoms with Crippen molar-refractivity contribution in [2.45, 2.75) is 9.79 Å². The Morgan fingerprint density at radius 3 is 1.69 bits per heavy atom. The minimum absolute atomic E-state index is 0.0806. The minimum atomic E-state index is 0.0806. The van der Waals surface area contributed by atoms with Crippen molar-refractivity contribution >= 4 is 98.1 Å². The molecule has 3 nitrogen and oxygen atoms in total. The first-order chi connectivity index (χ1) is 23.9. The van der Waals surface area contributed by atoms with Crippen molar-refractivity contribution in [2.24, 2.45) is 0 Å². The van der Waals surface area contributed by atoms with Gasteiger partial charge in [0.05, 0.1) is 0 Å². The summed E-state index contributed by atoms with van der Waals surface area (Å²) in [5, 5.41) is 0. The van der Waals surface area contributed by atoms with Crippen molar-refractivity contribution in [3.8, 4) is 22.3 Å². The molecule has 0 aromatic heterocycles. The first-order valence-corrected chi connectivity index (χ1v) is 17.6. The highest BCUT2D eigenvalue weighted by Gasteiger charge is 2.55. The van der Waals surface area contributed by atoms with Gasteiger partial charge in [0, 0.05) is 66.4 Å². The van der Waals surface area contributed by atoms with Gasteiger partial charge in [-0.3, -0.25) is 0 Å². The Balaban J connectivity index is 1.26. The SMILES string of the molecule is c1ccc(N2c3cccc4c3B3c5c(cccc5N5c6cccc7c6B6c8c(cc2c3c85)-c2ccccc2N6c2ccccc2-7)S4)cc1. The van der Waals surface area contributed by atoms with Crippen molar-refractivity contribution in [3.05, 3.63) is 140 Å². The third-order valence-corrected chi connectivity index (χ3v) is 12.7. The lowest BCUT2D eigenvalue weighted by atomic mass is 9.31. The fourth-order valence-corrected chi connectivity index (χ4v) is 11.1. The van der Waals surface area contributed by atoms with E-state index in [2.05, 4.69) is 154 Å². The molecule has 7 aromatic carbocycles. The van der Waals surface area contributed by atoms with E-state index in [1.165, 1.54) is 105 Å². The van der Waals surface area contributed by atoms with Crippen molar-refractivity contribution < 1.29 is 0 Å². The summed E-state index contributed by atoms with van der Waals surface area (Å²) in [6, 6.07) is 52.6. The van der Waals surface area contributed by atoms with Crippen LogP contribution in [0, 0.1) is 0 Å². The maximum absolute atomic E-state index is 2.66. The van der Waals surface area contributed by atoms with Crippen LogP contribution >= 0.6 is 11.8 Å². The molecule has 0 fully saturated rings. The highest BCUT2D eigenvalue weighted by Crippen LogP contribution is 2.55. The fourth-order valence-electron chi connectivity index (χ4n) is 9.92. The lowest BCUT2D eigenvalue weighted by molar-refractivity contribution is 1.22. The summed E-state index contributed by atoms with van der Waals surface area (Å²) in [6.07, 6.45) is 0. The lowest BCUT2D eigenvalue weighted by Crippen LogP contribution is -2.70. The zero-order valence-electron chi connectivity index (χ0n) is 25.7. The molecule has 6 aliphatic heterocycles. The molecule has 48 heavy (non-hydrogen) atoms. The number of anilines is 8. The van der Waals surface area contributed by atoms with Crippen LogP contribution in [0.4, 0.5) is 45.5 Å². The molecule has 0 aliphatic carbocycles. The molecule has 0 radical (unpaired) electrons. The van der Waals surface area contributed by atoms with Gasteiger partial charge in [-0.15, -0.1) is 0 Å².